The van der Waals surface area contributed by atoms with Crippen molar-refractivity contribution >= 4 is 46.0 Å². The summed E-state index contributed by atoms with van der Waals surface area (Å²) in [5.74, 6) is 1.71. The summed E-state index contributed by atoms with van der Waals surface area (Å²) in [5, 5.41) is 0.631. The lowest BCUT2D eigenvalue weighted by Gasteiger charge is -2.37. The molecule has 9 heteroatoms. The lowest BCUT2D eigenvalue weighted by molar-refractivity contribution is 0.263. The van der Waals surface area contributed by atoms with E-state index in [1.54, 1.807) is 19.1 Å². The Morgan fingerprint density at radius 2 is 1.78 bits per heavy atom. The quantitative estimate of drug-likeness (QED) is 0.317. The van der Waals surface area contributed by atoms with Crippen molar-refractivity contribution in [3.63, 3.8) is 0 Å². The molecule has 3 heterocycles. The first-order chi connectivity index (χ1) is 17.6. The Labute approximate surface area is 221 Å². The molecule has 2 aromatic heterocycles. The van der Waals surface area contributed by atoms with E-state index in [2.05, 4.69) is 48.9 Å². The molecule has 0 saturated carbocycles. The first-order valence-corrected chi connectivity index (χ1v) is 13.6. The maximum atomic E-state index is 6.93. The number of rotatable bonds is 8. The van der Waals surface area contributed by atoms with E-state index in [1.807, 2.05) is 48.9 Å². The van der Waals surface area contributed by atoms with Crippen molar-refractivity contribution in [2.75, 3.05) is 69.5 Å². The number of benzene rings is 2. The van der Waals surface area contributed by atoms with E-state index in [-0.39, 0.29) is 0 Å². The minimum atomic E-state index is 0.631. The fraction of sp³-hybridized carbons (Fsp3) is 0.333. The second-order valence-electron chi connectivity index (χ2n) is 8.82. The molecule has 0 radical (unpaired) electrons. The van der Waals surface area contributed by atoms with Crippen LogP contribution in [0.15, 0.2) is 60.8 Å². The number of piperazine rings is 1. The van der Waals surface area contributed by atoms with Crippen LogP contribution in [0.5, 0.6) is 5.75 Å². The average molecular weight is 523 g/mol. The van der Waals surface area contributed by atoms with Crippen molar-refractivity contribution in [1.29, 1.82) is 0 Å². The molecule has 0 amide bonds. The van der Waals surface area contributed by atoms with Crippen LogP contribution >= 0.6 is 23.5 Å². The van der Waals surface area contributed by atoms with Crippen molar-refractivity contribution in [1.82, 2.24) is 18.8 Å². The van der Waals surface area contributed by atoms with Gasteiger partial charge >= 0.3 is 0 Å². The molecule has 0 aliphatic carbocycles. The SMILES string of the molecule is COc1ccccc1N1CCN(CCN(C)c2ccnc(-c3nc4ccccc4n3SC)c2Cl)CC1. The van der Waals surface area contributed by atoms with Gasteiger partial charge in [0.1, 0.15) is 11.4 Å². The molecule has 0 N–H and O–H groups in total. The van der Waals surface area contributed by atoms with Crippen molar-refractivity contribution in [2.24, 2.45) is 0 Å². The van der Waals surface area contributed by atoms with Crippen LogP contribution in [0.1, 0.15) is 0 Å². The molecule has 2 aromatic carbocycles. The molecule has 7 nitrogen and oxygen atoms in total. The minimum absolute atomic E-state index is 0.631. The highest BCUT2D eigenvalue weighted by molar-refractivity contribution is 7.97. The molecule has 1 aliphatic rings. The van der Waals surface area contributed by atoms with Crippen LogP contribution in [-0.2, 0) is 0 Å². The molecule has 1 saturated heterocycles. The summed E-state index contributed by atoms with van der Waals surface area (Å²) in [5.41, 5.74) is 4.84. The van der Waals surface area contributed by atoms with Crippen molar-refractivity contribution in [3.05, 3.63) is 65.8 Å². The molecule has 0 bridgehead atoms. The number of imidazole rings is 1. The third-order valence-electron chi connectivity index (χ3n) is 6.74. The molecule has 0 atom stereocenters. The van der Waals surface area contributed by atoms with Gasteiger partial charge in [-0.05, 0) is 42.3 Å². The standard InChI is InChI=1S/C27H31ClN6OS/c1-31(14-15-32-16-18-33(19-17-32)22-10-6-7-11-24(22)35-2)23-12-13-29-26(25(23)28)27-30-20-8-4-5-9-21(20)34(27)36-3/h4-13H,14-19H2,1-3H3. The summed E-state index contributed by atoms with van der Waals surface area (Å²) in [6.45, 7) is 5.83. The zero-order valence-electron chi connectivity index (χ0n) is 20.9. The number of aromatic nitrogens is 3. The Morgan fingerprint density at radius 1 is 1.03 bits per heavy atom. The van der Waals surface area contributed by atoms with Crippen LogP contribution in [0.4, 0.5) is 11.4 Å². The Kier molecular flexibility index (Phi) is 7.55. The van der Waals surface area contributed by atoms with E-state index < -0.39 is 0 Å². The molecule has 36 heavy (non-hydrogen) atoms. The van der Waals surface area contributed by atoms with Gasteiger partial charge in [0.2, 0.25) is 0 Å². The topological polar surface area (TPSA) is 49.7 Å². The van der Waals surface area contributed by atoms with Crippen molar-refractivity contribution in [3.8, 4) is 17.3 Å². The molecular formula is C27H31ClN6OS. The second kappa shape index (κ2) is 11.0. The van der Waals surface area contributed by atoms with Crippen LogP contribution in [-0.4, -0.2) is 78.5 Å². The molecule has 0 spiro atoms. The summed E-state index contributed by atoms with van der Waals surface area (Å²) in [4.78, 5) is 16.6. The number of halogens is 1. The first kappa shape index (κ1) is 24.7. The van der Waals surface area contributed by atoms with Crippen LogP contribution in [0.3, 0.4) is 0 Å². The summed E-state index contributed by atoms with van der Waals surface area (Å²) < 4.78 is 7.64. The maximum Gasteiger partial charge on any atom is 0.171 e. The molecule has 1 fully saturated rings. The number of hydrogen-bond donors (Lipinski definition) is 0. The number of methoxy groups -OCH3 is 1. The summed E-state index contributed by atoms with van der Waals surface area (Å²) in [7, 11) is 3.82. The number of pyridine rings is 1. The Morgan fingerprint density at radius 3 is 2.56 bits per heavy atom. The van der Waals surface area contributed by atoms with E-state index in [0.717, 1.165) is 67.6 Å². The summed E-state index contributed by atoms with van der Waals surface area (Å²) >= 11 is 8.54. The molecule has 5 rings (SSSR count). The summed E-state index contributed by atoms with van der Waals surface area (Å²) in [6, 6.07) is 18.3. The van der Waals surface area contributed by atoms with Gasteiger partial charge in [-0.2, -0.15) is 0 Å². The molecule has 0 unspecified atom stereocenters. The van der Waals surface area contributed by atoms with Gasteiger partial charge in [0, 0.05) is 58.8 Å². The number of fused-ring (bicyclic) bond motifs is 1. The maximum absolute atomic E-state index is 6.93. The molecular weight excluding hydrogens is 492 g/mol. The van der Waals surface area contributed by atoms with Crippen LogP contribution < -0.4 is 14.5 Å². The van der Waals surface area contributed by atoms with Gasteiger partial charge < -0.3 is 14.5 Å². The summed E-state index contributed by atoms with van der Waals surface area (Å²) in [6.07, 6.45) is 3.86. The highest BCUT2D eigenvalue weighted by atomic mass is 35.5. The second-order valence-corrected chi connectivity index (χ2v) is 9.92. The fourth-order valence-corrected chi connectivity index (χ4v) is 5.73. The van der Waals surface area contributed by atoms with Gasteiger partial charge in [-0.3, -0.25) is 13.9 Å². The van der Waals surface area contributed by atoms with E-state index in [4.69, 9.17) is 21.3 Å². The first-order valence-electron chi connectivity index (χ1n) is 12.1. The number of hydrogen-bond acceptors (Lipinski definition) is 7. The minimum Gasteiger partial charge on any atom is -0.495 e. The molecule has 1 aliphatic heterocycles. The van der Waals surface area contributed by atoms with Crippen molar-refractivity contribution < 1.29 is 4.74 Å². The number of likely N-dealkylation sites (N-methyl/N-ethyl adjacent to an activating group) is 1. The Hall–Kier alpha value is -2.94. The smallest absolute Gasteiger partial charge is 0.171 e. The zero-order valence-corrected chi connectivity index (χ0v) is 22.5. The number of nitrogens with zero attached hydrogens (tertiary/aromatic N) is 6. The molecule has 4 aromatic rings. The Balaban J connectivity index is 1.26. The van der Waals surface area contributed by atoms with Gasteiger partial charge in [0.25, 0.3) is 0 Å². The Bertz CT molecular complexity index is 1340. The average Bonchev–Trinajstić information content (AvgIpc) is 3.30. The van der Waals surface area contributed by atoms with Gasteiger partial charge in [0.15, 0.2) is 5.82 Å². The monoisotopic (exact) mass is 522 g/mol. The lowest BCUT2D eigenvalue weighted by Crippen LogP contribution is -2.48. The van der Waals surface area contributed by atoms with Crippen LogP contribution in [0.25, 0.3) is 22.6 Å². The van der Waals surface area contributed by atoms with E-state index in [9.17, 15) is 0 Å². The predicted octanol–water partition coefficient (Wildman–Crippen LogP) is 5.14. The normalized spacial score (nSPS) is 14.4. The third kappa shape index (κ3) is 4.85. The van der Waals surface area contributed by atoms with Crippen LogP contribution in [0.2, 0.25) is 5.02 Å². The van der Waals surface area contributed by atoms with Crippen molar-refractivity contribution in [2.45, 2.75) is 0 Å². The van der Waals surface area contributed by atoms with E-state index in [1.165, 1.54) is 5.69 Å². The number of para-hydroxylation sites is 4. The number of anilines is 2. The molecule has 188 valence electrons. The largest absolute Gasteiger partial charge is 0.495 e. The van der Waals surface area contributed by atoms with Crippen LogP contribution in [0, 0.1) is 0 Å². The predicted molar refractivity (Wildman–Crippen MR) is 152 cm³/mol. The highest BCUT2D eigenvalue weighted by Crippen LogP contribution is 2.36. The van der Waals surface area contributed by atoms with E-state index in [0.29, 0.717) is 10.7 Å². The van der Waals surface area contributed by atoms with Gasteiger partial charge in [0.05, 0.1) is 34.5 Å². The fourth-order valence-electron chi connectivity index (χ4n) is 4.74. The van der Waals surface area contributed by atoms with E-state index >= 15 is 0 Å². The van der Waals surface area contributed by atoms with Gasteiger partial charge in [-0.1, -0.05) is 35.9 Å². The van der Waals surface area contributed by atoms with Gasteiger partial charge in [-0.15, -0.1) is 0 Å². The lowest BCUT2D eigenvalue weighted by atomic mass is 10.2. The van der Waals surface area contributed by atoms with Gasteiger partial charge in [-0.25, -0.2) is 4.98 Å². The highest BCUT2D eigenvalue weighted by Gasteiger charge is 2.22. The number of ether oxygens (including phenoxy) is 1. The zero-order chi connectivity index (χ0) is 25.1. The third-order valence-corrected chi connectivity index (χ3v) is 7.85.